The van der Waals surface area contributed by atoms with Gasteiger partial charge in [0.1, 0.15) is 0 Å². The summed E-state index contributed by atoms with van der Waals surface area (Å²) in [6, 6.07) is 0. The van der Waals surface area contributed by atoms with Gasteiger partial charge >= 0.3 is 5.97 Å². The first-order chi connectivity index (χ1) is 7.87. The third kappa shape index (κ3) is 6.61. The lowest BCUT2D eigenvalue weighted by atomic mass is 10.2. The van der Waals surface area contributed by atoms with Gasteiger partial charge in [-0.1, -0.05) is 0 Å². The molecular weight excluding hydrogens is 220 g/mol. The first kappa shape index (κ1) is 14.4. The molecule has 0 aromatic carbocycles. The smallest absolute Gasteiger partial charge is 0.317 e. The average molecular weight is 244 g/mol. The van der Waals surface area contributed by atoms with Gasteiger partial charge in [0.15, 0.2) is 0 Å². The van der Waals surface area contributed by atoms with Crippen LogP contribution in [0, 0.1) is 0 Å². The lowest BCUT2D eigenvalue weighted by molar-refractivity contribution is -0.138. The summed E-state index contributed by atoms with van der Waals surface area (Å²) < 4.78 is 5.67. The van der Waals surface area contributed by atoms with Gasteiger partial charge in [0.2, 0.25) is 0 Å². The fourth-order valence-electron chi connectivity index (χ4n) is 1.84. The Morgan fingerprint density at radius 3 is 2.18 bits per heavy atom. The molecule has 0 aliphatic carbocycles. The molecule has 0 aromatic heterocycles. The van der Waals surface area contributed by atoms with Crippen LogP contribution in [0.2, 0.25) is 0 Å². The minimum Gasteiger partial charge on any atom is -0.480 e. The zero-order chi connectivity index (χ0) is 12.9. The summed E-state index contributed by atoms with van der Waals surface area (Å²) in [4.78, 5) is 14.9. The third-order valence-corrected chi connectivity index (χ3v) is 2.77. The van der Waals surface area contributed by atoms with E-state index in [4.69, 9.17) is 9.84 Å². The Morgan fingerprint density at radius 2 is 1.71 bits per heavy atom. The van der Waals surface area contributed by atoms with E-state index in [1.54, 1.807) is 0 Å². The fourth-order valence-corrected chi connectivity index (χ4v) is 1.84. The molecule has 100 valence electrons. The van der Waals surface area contributed by atoms with Gasteiger partial charge in [0.05, 0.1) is 18.8 Å². The maximum atomic E-state index is 10.6. The van der Waals surface area contributed by atoms with Gasteiger partial charge in [-0.3, -0.25) is 14.6 Å². The fraction of sp³-hybridized carbons (Fsp3) is 0.917. The number of hydrogen-bond donors (Lipinski definition) is 1. The molecule has 0 radical (unpaired) electrons. The highest BCUT2D eigenvalue weighted by molar-refractivity contribution is 5.69. The minimum absolute atomic E-state index is 0.0782. The van der Waals surface area contributed by atoms with Gasteiger partial charge in [-0.2, -0.15) is 0 Å². The van der Waals surface area contributed by atoms with Crippen LogP contribution in [0.4, 0.5) is 0 Å². The van der Waals surface area contributed by atoms with Crippen LogP contribution >= 0.6 is 0 Å². The molecule has 17 heavy (non-hydrogen) atoms. The quantitative estimate of drug-likeness (QED) is 0.763. The monoisotopic (exact) mass is 244 g/mol. The Hall–Kier alpha value is -0.650. The molecule has 0 spiro atoms. The normalized spacial score (nSPS) is 19.5. The summed E-state index contributed by atoms with van der Waals surface area (Å²) in [5, 5.41) is 8.69. The van der Waals surface area contributed by atoms with E-state index >= 15 is 0 Å². The molecule has 5 nitrogen and oxygen atoms in total. The van der Waals surface area contributed by atoms with Crippen molar-refractivity contribution < 1.29 is 14.6 Å². The van der Waals surface area contributed by atoms with Crippen molar-refractivity contribution in [1.29, 1.82) is 0 Å². The van der Waals surface area contributed by atoms with Crippen molar-refractivity contribution in [3.05, 3.63) is 0 Å². The third-order valence-electron chi connectivity index (χ3n) is 2.77. The Labute approximate surface area is 103 Å². The van der Waals surface area contributed by atoms with Gasteiger partial charge in [-0.15, -0.1) is 0 Å². The number of carboxylic acids is 1. The molecule has 0 bridgehead atoms. The summed E-state index contributed by atoms with van der Waals surface area (Å²) in [5.41, 5.74) is -0.0782. The molecule has 0 aromatic rings. The van der Waals surface area contributed by atoms with Gasteiger partial charge < -0.3 is 9.84 Å². The number of carboxylic acid groups (broad SMARTS) is 1. The Morgan fingerprint density at radius 1 is 1.18 bits per heavy atom. The number of hydrogen-bond acceptors (Lipinski definition) is 4. The van der Waals surface area contributed by atoms with Crippen LogP contribution in [0.25, 0.3) is 0 Å². The number of nitrogens with zero attached hydrogens (tertiary/aromatic N) is 2. The van der Waals surface area contributed by atoms with E-state index in [2.05, 4.69) is 25.7 Å². The van der Waals surface area contributed by atoms with E-state index < -0.39 is 5.97 Å². The number of rotatable bonds is 5. The second-order valence-electron chi connectivity index (χ2n) is 5.47. The molecule has 5 heteroatoms. The standard InChI is InChI=1S/C12H24N2O3/c1-12(2,3)17-9-8-13-4-6-14(7-5-13)10-11(15)16/h4-10H2,1-3H3,(H,15,16). The molecule has 0 atom stereocenters. The highest BCUT2D eigenvalue weighted by Gasteiger charge is 2.19. The van der Waals surface area contributed by atoms with E-state index in [0.29, 0.717) is 0 Å². The summed E-state index contributed by atoms with van der Waals surface area (Å²) in [7, 11) is 0. The van der Waals surface area contributed by atoms with Crippen molar-refractivity contribution in [2.75, 3.05) is 45.9 Å². The second-order valence-corrected chi connectivity index (χ2v) is 5.47. The van der Waals surface area contributed by atoms with Crippen molar-refractivity contribution in [3.8, 4) is 0 Å². The maximum absolute atomic E-state index is 10.6. The highest BCUT2D eigenvalue weighted by atomic mass is 16.5. The summed E-state index contributed by atoms with van der Waals surface area (Å²) in [6.07, 6.45) is 0. The molecule has 1 rings (SSSR count). The van der Waals surface area contributed by atoms with Crippen LogP contribution < -0.4 is 0 Å². The molecule has 0 amide bonds. The van der Waals surface area contributed by atoms with Crippen LogP contribution in [0.1, 0.15) is 20.8 Å². The molecular formula is C12H24N2O3. The highest BCUT2D eigenvalue weighted by Crippen LogP contribution is 2.07. The van der Waals surface area contributed by atoms with Crippen LogP contribution in [-0.2, 0) is 9.53 Å². The second kappa shape index (κ2) is 6.33. The zero-order valence-corrected chi connectivity index (χ0v) is 11.1. The van der Waals surface area contributed by atoms with E-state index in [1.165, 1.54) is 0 Å². The van der Waals surface area contributed by atoms with Gasteiger partial charge in [-0.25, -0.2) is 0 Å². The molecule has 1 aliphatic heterocycles. The van der Waals surface area contributed by atoms with Crippen molar-refractivity contribution in [1.82, 2.24) is 9.80 Å². The van der Waals surface area contributed by atoms with Crippen molar-refractivity contribution in [3.63, 3.8) is 0 Å². The number of carbonyl (C=O) groups is 1. The Balaban J connectivity index is 2.13. The van der Waals surface area contributed by atoms with Gasteiger partial charge in [0.25, 0.3) is 0 Å². The first-order valence-electron chi connectivity index (χ1n) is 6.17. The molecule has 0 unspecified atom stereocenters. The average Bonchev–Trinajstić information content (AvgIpc) is 2.18. The molecule has 1 saturated heterocycles. The van der Waals surface area contributed by atoms with E-state index in [0.717, 1.165) is 39.3 Å². The lowest BCUT2D eigenvalue weighted by Crippen LogP contribution is -2.48. The molecule has 1 N–H and O–H groups in total. The van der Waals surface area contributed by atoms with Crippen molar-refractivity contribution in [2.45, 2.75) is 26.4 Å². The predicted octanol–water partition coefficient (Wildman–Crippen LogP) is 0.504. The molecule has 1 aliphatic rings. The van der Waals surface area contributed by atoms with Crippen LogP contribution in [0.5, 0.6) is 0 Å². The summed E-state index contributed by atoms with van der Waals surface area (Å²) in [5.74, 6) is -0.741. The molecule has 0 saturated carbocycles. The first-order valence-corrected chi connectivity index (χ1v) is 6.17. The molecule has 1 heterocycles. The van der Waals surface area contributed by atoms with Crippen molar-refractivity contribution in [2.24, 2.45) is 0 Å². The van der Waals surface area contributed by atoms with Crippen LogP contribution in [-0.4, -0.2) is 72.4 Å². The van der Waals surface area contributed by atoms with E-state index in [1.807, 2.05) is 4.90 Å². The molecule has 1 fully saturated rings. The van der Waals surface area contributed by atoms with Gasteiger partial charge in [0, 0.05) is 32.7 Å². The topological polar surface area (TPSA) is 53.0 Å². The SMILES string of the molecule is CC(C)(C)OCCN1CCN(CC(=O)O)CC1. The Kier molecular flexibility index (Phi) is 5.36. The van der Waals surface area contributed by atoms with Gasteiger partial charge in [-0.05, 0) is 20.8 Å². The van der Waals surface area contributed by atoms with Crippen molar-refractivity contribution >= 4 is 5.97 Å². The predicted molar refractivity (Wildman–Crippen MR) is 66.2 cm³/mol. The van der Waals surface area contributed by atoms with E-state index in [9.17, 15) is 4.79 Å². The largest absolute Gasteiger partial charge is 0.480 e. The number of ether oxygens (including phenoxy) is 1. The maximum Gasteiger partial charge on any atom is 0.317 e. The number of aliphatic carboxylic acids is 1. The Bertz CT molecular complexity index is 243. The number of piperazine rings is 1. The summed E-state index contributed by atoms with van der Waals surface area (Å²) in [6.45, 7) is 11.5. The minimum atomic E-state index is -0.741. The van der Waals surface area contributed by atoms with Crippen LogP contribution in [0.3, 0.4) is 0 Å². The lowest BCUT2D eigenvalue weighted by Gasteiger charge is -2.34. The zero-order valence-electron chi connectivity index (χ0n) is 11.1. The van der Waals surface area contributed by atoms with E-state index in [-0.39, 0.29) is 12.1 Å². The van der Waals surface area contributed by atoms with Crippen LogP contribution in [0.15, 0.2) is 0 Å². The summed E-state index contributed by atoms with van der Waals surface area (Å²) >= 11 is 0.